The van der Waals surface area contributed by atoms with Crippen molar-refractivity contribution in [2.24, 2.45) is 0 Å². The molecule has 0 amide bonds. The van der Waals surface area contributed by atoms with Crippen molar-refractivity contribution < 1.29 is 0 Å². The van der Waals surface area contributed by atoms with Gasteiger partial charge >= 0.3 is 0 Å². The average molecular weight is 275 g/mol. The molecule has 0 saturated heterocycles. The number of nitrogens with two attached hydrogens (primary N) is 1. The highest BCUT2D eigenvalue weighted by atomic mass is 32.2. The minimum Gasteiger partial charge on any atom is -0.399 e. The summed E-state index contributed by atoms with van der Waals surface area (Å²) in [6, 6.07) is 6.08. The number of nitrogen functional groups attached to an aromatic ring is 1. The van der Waals surface area contributed by atoms with Gasteiger partial charge in [0.1, 0.15) is 5.82 Å². The largest absolute Gasteiger partial charge is 0.399 e. The second-order valence-electron chi connectivity index (χ2n) is 5.46. The maximum absolute atomic E-state index is 5.86. The number of rotatable bonds is 4. The summed E-state index contributed by atoms with van der Waals surface area (Å²) in [7, 11) is 0. The molecule has 0 spiro atoms. The zero-order valence-electron chi connectivity index (χ0n) is 11.6. The fraction of sp³-hybridized carbons (Fsp3) is 0.533. The normalized spacial score (nSPS) is 17.6. The third-order valence-electron chi connectivity index (χ3n) is 4.31. The zero-order valence-corrected chi connectivity index (χ0v) is 12.5. The highest BCUT2D eigenvalue weighted by Gasteiger charge is 2.37. The lowest BCUT2D eigenvalue weighted by molar-refractivity contribution is 0.322. The molecule has 19 heavy (non-hydrogen) atoms. The smallest absolute Gasteiger partial charge is 0.109 e. The summed E-state index contributed by atoms with van der Waals surface area (Å²) >= 11 is 2.01. The summed E-state index contributed by atoms with van der Waals surface area (Å²) in [5.41, 5.74) is 8.92. The molecule has 1 aliphatic rings. The first-order chi connectivity index (χ1) is 9.17. The third-order valence-corrected chi connectivity index (χ3v) is 5.72. The lowest BCUT2D eigenvalue weighted by atomic mass is 9.84. The van der Waals surface area contributed by atoms with E-state index in [1.807, 2.05) is 23.9 Å². The van der Waals surface area contributed by atoms with Crippen molar-refractivity contribution in [3.63, 3.8) is 0 Å². The van der Waals surface area contributed by atoms with E-state index in [9.17, 15) is 0 Å². The SMILES string of the molecule is CCc1nc2cc(N)ccc2n1CC1(SC)CCC1. The summed E-state index contributed by atoms with van der Waals surface area (Å²) in [5, 5.41) is 0. The van der Waals surface area contributed by atoms with Crippen LogP contribution in [0.1, 0.15) is 32.0 Å². The number of anilines is 1. The highest BCUT2D eigenvalue weighted by molar-refractivity contribution is 8.00. The van der Waals surface area contributed by atoms with Crippen molar-refractivity contribution in [3.8, 4) is 0 Å². The molecular formula is C15H21N3S. The molecule has 1 heterocycles. The maximum atomic E-state index is 5.86. The molecule has 0 radical (unpaired) electrons. The van der Waals surface area contributed by atoms with Crippen molar-refractivity contribution in [3.05, 3.63) is 24.0 Å². The van der Waals surface area contributed by atoms with Crippen LogP contribution in [0.25, 0.3) is 11.0 Å². The van der Waals surface area contributed by atoms with Gasteiger partial charge in [-0.3, -0.25) is 0 Å². The van der Waals surface area contributed by atoms with Crippen molar-refractivity contribution in [1.29, 1.82) is 0 Å². The zero-order chi connectivity index (χ0) is 13.5. The predicted octanol–water partition coefficient (Wildman–Crippen LogP) is 3.47. The number of imidazole rings is 1. The molecule has 3 nitrogen and oxygen atoms in total. The van der Waals surface area contributed by atoms with E-state index in [-0.39, 0.29) is 0 Å². The second kappa shape index (κ2) is 4.75. The van der Waals surface area contributed by atoms with Gasteiger partial charge in [-0.25, -0.2) is 4.98 Å². The standard InChI is InChI=1S/C15H21N3S/c1-3-14-17-12-9-11(16)5-6-13(12)18(14)10-15(19-2)7-4-8-15/h5-6,9H,3-4,7-8,10,16H2,1-2H3. The number of aryl methyl sites for hydroxylation is 1. The van der Waals surface area contributed by atoms with Crippen LogP contribution in [0.15, 0.2) is 18.2 Å². The predicted molar refractivity (Wildman–Crippen MR) is 83.6 cm³/mol. The van der Waals surface area contributed by atoms with Gasteiger partial charge in [-0.1, -0.05) is 13.3 Å². The number of hydrogen-bond donors (Lipinski definition) is 1. The molecule has 0 atom stereocenters. The molecule has 4 heteroatoms. The lowest BCUT2D eigenvalue weighted by Gasteiger charge is -2.41. The van der Waals surface area contributed by atoms with Crippen LogP contribution in [-0.4, -0.2) is 20.6 Å². The minimum atomic E-state index is 0.430. The van der Waals surface area contributed by atoms with E-state index in [1.165, 1.54) is 30.6 Å². The fourth-order valence-corrected chi connectivity index (χ4v) is 3.88. The Bertz CT molecular complexity index is 593. The average Bonchev–Trinajstić information content (AvgIpc) is 2.70. The number of hydrogen-bond acceptors (Lipinski definition) is 3. The van der Waals surface area contributed by atoms with Crippen LogP contribution >= 0.6 is 11.8 Å². The van der Waals surface area contributed by atoms with Gasteiger partial charge in [0.05, 0.1) is 11.0 Å². The lowest BCUT2D eigenvalue weighted by Crippen LogP contribution is -2.38. The summed E-state index contributed by atoms with van der Waals surface area (Å²) < 4.78 is 2.84. The Morgan fingerprint density at radius 2 is 2.21 bits per heavy atom. The monoisotopic (exact) mass is 275 g/mol. The fourth-order valence-electron chi connectivity index (χ4n) is 2.93. The van der Waals surface area contributed by atoms with E-state index in [2.05, 4.69) is 23.8 Å². The van der Waals surface area contributed by atoms with E-state index in [4.69, 9.17) is 10.7 Å². The van der Waals surface area contributed by atoms with E-state index in [0.717, 1.165) is 24.2 Å². The van der Waals surface area contributed by atoms with Gasteiger partial charge in [0.2, 0.25) is 0 Å². The molecule has 0 aliphatic heterocycles. The quantitative estimate of drug-likeness (QED) is 0.869. The van der Waals surface area contributed by atoms with Crippen LogP contribution in [0.4, 0.5) is 5.69 Å². The van der Waals surface area contributed by atoms with Gasteiger partial charge in [-0.05, 0) is 37.3 Å². The molecule has 1 aromatic carbocycles. The number of nitrogens with zero attached hydrogens (tertiary/aromatic N) is 2. The Morgan fingerprint density at radius 3 is 2.79 bits per heavy atom. The van der Waals surface area contributed by atoms with Gasteiger partial charge < -0.3 is 10.3 Å². The first kappa shape index (κ1) is 12.9. The molecule has 3 rings (SSSR count). The molecule has 2 N–H and O–H groups in total. The van der Waals surface area contributed by atoms with Crippen molar-refractivity contribution in [1.82, 2.24) is 9.55 Å². The first-order valence-corrected chi connectivity index (χ1v) is 8.20. The van der Waals surface area contributed by atoms with E-state index < -0.39 is 0 Å². The molecule has 0 unspecified atom stereocenters. The molecule has 1 aromatic heterocycles. The van der Waals surface area contributed by atoms with Crippen LogP contribution in [0, 0.1) is 0 Å². The van der Waals surface area contributed by atoms with E-state index >= 15 is 0 Å². The van der Waals surface area contributed by atoms with Crippen LogP contribution in [0.5, 0.6) is 0 Å². The number of fused-ring (bicyclic) bond motifs is 1. The van der Waals surface area contributed by atoms with E-state index in [0.29, 0.717) is 4.75 Å². The van der Waals surface area contributed by atoms with Gasteiger partial charge in [0.25, 0.3) is 0 Å². The van der Waals surface area contributed by atoms with E-state index in [1.54, 1.807) is 0 Å². The summed E-state index contributed by atoms with van der Waals surface area (Å²) in [6.07, 6.45) is 7.22. The van der Waals surface area contributed by atoms with Crippen molar-refractivity contribution in [2.75, 3.05) is 12.0 Å². The summed E-state index contributed by atoms with van der Waals surface area (Å²) in [6.45, 7) is 3.26. The van der Waals surface area contributed by atoms with Gasteiger partial charge in [0, 0.05) is 23.4 Å². The Labute approximate surface area is 118 Å². The molecule has 1 aliphatic carbocycles. The highest BCUT2D eigenvalue weighted by Crippen LogP contribution is 2.44. The van der Waals surface area contributed by atoms with Gasteiger partial charge in [-0.2, -0.15) is 11.8 Å². The number of benzene rings is 1. The topological polar surface area (TPSA) is 43.8 Å². The molecule has 0 bridgehead atoms. The number of thioether (sulfide) groups is 1. The summed E-state index contributed by atoms with van der Waals surface area (Å²) in [5.74, 6) is 1.18. The Morgan fingerprint density at radius 1 is 1.42 bits per heavy atom. The van der Waals surface area contributed by atoms with Crippen LogP contribution in [0.3, 0.4) is 0 Å². The molecule has 1 fully saturated rings. The first-order valence-electron chi connectivity index (χ1n) is 6.97. The molecule has 1 saturated carbocycles. The summed E-state index contributed by atoms with van der Waals surface area (Å²) in [4.78, 5) is 4.74. The molecular weight excluding hydrogens is 254 g/mol. The van der Waals surface area contributed by atoms with Crippen LogP contribution < -0.4 is 5.73 Å². The van der Waals surface area contributed by atoms with Gasteiger partial charge in [0.15, 0.2) is 0 Å². The molecule has 2 aromatic rings. The maximum Gasteiger partial charge on any atom is 0.109 e. The second-order valence-corrected chi connectivity index (χ2v) is 6.73. The van der Waals surface area contributed by atoms with Gasteiger partial charge in [-0.15, -0.1) is 0 Å². The minimum absolute atomic E-state index is 0.430. The van der Waals surface area contributed by atoms with Crippen LogP contribution in [0.2, 0.25) is 0 Å². The Balaban J connectivity index is 2.05. The molecule has 102 valence electrons. The third kappa shape index (κ3) is 2.12. The van der Waals surface area contributed by atoms with Crippen molar-refractivity contribution in [2.45, 2.75) is 43.9 Å². The number of aromatic nitrogens is 2. The Kier molecular flexibility index (Phi) is 3.21. The van der Waals surface area contributed by atoms with Crippen molar-refractivity contribution >= 4 is 28.5 Å². The Hall–Kier alpha value is -1.16. The van der Waals surface area contributed by atoms with Crippen LogP contribution in [-0.2, 0) is 13.0 Å².